The molecule has 0 unspecified atom stereocenters. The molecule has 0 spiro atoms. The molecule has 204 valence electrons. The number of carbonyl (C=O) groups excluding carboxylic acids is 1. The summed E-state index contributed by atoms with van der Waals surface area (Å²) < 4.78 is 13.9. The second-order valence-corrected chi connectivity index (χ2v) is 10.9. The van der Waals surface area contributed by atoms with E-state index in [4.69, 9.17) is 0 Å². The van der Waals surface area contributed by atoms with Crippen molar-refractivity contribution in [3.63, 3.8) is 0 Å². The Kier molecular flexibility index (Phi) is 8.41. The van der Waals surface area contributed by atoms with Crippen molar-refractivity contribution in [3.05, 3.63) is 95.2 Å². The smallest absolute Gasteiger partial charge is 0.253 e. The average Bonchev–Trinajstić information content (AvgIpc) is 3.53. The molecule has 0 atom stereocenters. The number of nitrogens with one attached hydrogen (secondary N) is 2. The van der Waals surface area contributed by atoms with E-state index < -0.39 is 0 Å². The van der Waals surface area contributed by atoms with E-state index in [0.29, 0.717) is 17.7 Å². The molecule has 0 radical (unpaired) electrons. The van der Waals surface area contributed by atoms with Crippen LogP contribution < -0.4 is 10.6 Å². The number of dihydropyridines is 1. The molecular formula is C33H39FN4O. The second kappa shape index (κ2) is 12.1. The summed E-state index contributed by atoms with van der Waals surface area (Å²) in [5, 5.41) is 6.53. The lowest BCUT2D eigenvalue weighted by Gasteiger charge is -2.32. The first-order valence-electron chi connectivity index (χ1n) is 14.3. The van der Waals surface area contributed by atoms with Crippen molar-refractivity contribution in [2.24, 2.45) is 0 Å². The Labute approximate surface area is 231 Å². The lowest BCUT2D eigenvalue weighted by molar-refractivity contribution is -0.117. The number of hydrogen-bond acceptors (Lipinski definition) is 4. The molecule has 1 aromatic heterocycles. The number of unbranched alkanes of at least 4 members (excludes halogenated alkanes) is 1. The zero-order valence-electron chi connectivity index (χ0n) is 23.1. The third-order valence-corrected chi connectivity index (χ3v) is 8.31. The number of aromatic nitrogens is 1. The molecule has 2 aromatic rings. The highest BCUT2D eigenvalue weighted by atomic mass is 19.1. The monoisotopic (exact) mass is 526 g/mol. The van der Waals surface area contributed by atoms with Gasteiger partial charge in [-0.05, 0) is 106 Å². The van der Waals surface area contributed by atoms with Crippen LogP contribution >= 0.6 is 0 Å². The standard InChI is InChI=1S/C33H39FN4O/c1-3-4-5-9-28(32(39)37-19-16-33-14-7-20-38(33)21-8-15-33)30-23-25(13-18-35-30)27-10-6-17-36-31(27)26-11-12-29(34)24(2)22-26/h5-6,9-13,17-18,22-23,35H,3-4,7-8,14-16,19-21H2,1-2H3,(H,37,39)/b9-5+,30-28+. The molecule has 2 fully saturated rings. The van der Waals surface area contributed by atoms with E-state index in [0.717, 1.165) is 47.4 Å². The Hall–Kier alpha value is -3.51. The summed E-state index contributed by atoms with van der Waals surface area (Å²) >= 11 is 0. The molecule has 0 bridgehead atoms. The lowest BCUT2D eigenvalue weighted by atomic mass is 9.90. The summed E-state index contributed by atoms with van der Waals surface area (Å²) in [5.41, 5.74) is 5.75. The van der Waals surface area contributed by atoms with E-state index in [9.17, 15) is 9.18 Å². The van der Waals surface area contributed by atoms with Crippen LogP contribution in [0, 0.1) is 12.7 Å². The average molecular weight is 527 g/mol. The van der Waals surface area contributed by atoms with Crippen molar-refractivity contribution in [1.29, 1.82) is 0 Å². The maximum Gasteiger partial charge on any atom is 0.253 e. The van der Waals surface area contributed by atoms with Gasteiger partial charge in [0.1, 0.15) is 5.82 Å². The van der Waals surface area contributed by atoms with Crippen LogP contribution in [0.5, 0.6) is 0 Å². The molecule has 6 heteroatoms. The number of allylic oxidation sites excluding steroid dienone is 4. The zero-order chi connectivity index (χ0) is 27.2. The quantitative estimate of drug-likeness (QED) is 0.369. The summed E-state index contributed by atoms with van der Waals surface area (Å²) in [4.78, 5) is 20.8. The van der Waals surface area contributed by atoms with Crippen molar-refractivity contribution in [2.45, 2.75) is 64.3 Å². The maximum atomic E-state index is 13.9. The summed E-state index contributed by atoms with van der Waals surface area (Å²) in [5.74, 6) is -0.291. The fraction of sp³-hybridized carbons (Fsp3) is 0.394. The summed E-state index contributed by atoms with van der Waals surface area (Å²) in [6, 6.07) is 8.99. The number of carbonyl (C=O) groups is 1. The number of fused-ring (bicyclic) bond motifs is 1. The van der Waals surface area contributed by atoms with Crippen LogP contribution in [0.2, 0.25) is 0 Å². The topological polar surface area (TPSA) is 57.3 Å². The van der Waals surface area contributed by atoms with Gasteiger partial charge in [-0.2, -0.15) is 0 Å². The Morgan fingerprint density at radius 1 is 1.23 bits per heavy atom. The molecule has 4 heterocycles. The Morgan fingerprint density at radius 2 is 2.05 bits per heavy atom. The number of amides is 1. The van der Waals surface area contributed by atoms with Crippen LogP contribution in [0.4, 0.5) is 4.39 Å². The second-order valence-electron chi connectivity index (χ2n) is 10.9. The lowest BCUT2D eigenvalue weighted by Crippen LogP contribution is -2.41. The molecule has 1 amide bonds. The van der Waals surface area contributed by atoms with E-state index in [1.165, 1.54) is 44.8 Å². The molecule has 2 N–H and O–H groups in total. The molecule has 2 saturated heterocycles. The summed E-state index contributed by atoms with van der Waals surface area (Å²) in [6.07, 6.45) is 19.6. The summed E-state index contributed by atoms with van der Waals surface area (Å²) in [6.45, 7) is 6.96. The minimum atomic E-state index is -0.231. The van der Waals surface area contributed by atoms with Crippen molar-refractivity contribution in [2.75, 3.05) is 19.6 Å². The van der Waals surface area contributed by atoms with Gasteiger partial charge >= 0.3 is 0 Å². The molecule has 0 aliphatic carbocycles. The van der Waals surface area contributed by atoms with E-state index in [-0.39, 0.29) is 17.3 Å². The number of hydrogen-bond donors (Lipinski definition) is 2. The molecule has 3 aliphatic rings. The maximum absolute atomic E-state index is 13.9. The van der Waals surface area contributed by atoms with Crippen molar-refractivity contribution < 1.29 is 9.18 Å². The zero-order valence-corrected chi connectivity index (χ0v) is 23.1. The molecular weight excluding hydrogens is 487 g/mol. The molecule has 1 aromatic carbocycles. The van der Waals surface area contributed by atoms with E-state index >= 15 is 0 Å². The number of pyridine rings is 1. The minimum Gasteiger partial charge on any atom is -0.361 e. The van der Waals surface area contributed by atoms with Crippen LogP contribution in [-0.4, -0.2) is 41.0 Å². The SMILES string of the molecule is CCC/C=C/C(C(=O)NCCC12CCCN1CCC2)=C1/C=C(c2cccnc2-c2ccc(F)c(C)c2)C=CN1. The van der Waals surface area contributed by atoms with Crippen LogP contribution in [0.1, 0.15) is 63.0 Å². The van der Waals surface area contributed by atoms with Gasteiger partial charge in [-0.1, -0.05) is 31.6 Å². The normalized spacial score (nSPS) is 19.6. The van der Waals surface area contributed by atoms with Gasteiger partial charge < -0.3 is 10.6 Å². The molecule has 5 rings (SSSR count). The van der Waals surface area contributed by atoms with Gasteiger partial charge in [0.2, 0.25) is 0 Å². The predicted molar refractivity (Wildman–Crippen MR) is 156 cm³/mol. The van der Waals surface area contributed by atoms with Crippen LogP contribution in [-0.2, 0) is 4.79 Å². The first-order chi connectivity index (χ1) is 19.0. The fourth-order valence-electron chi connectivity index (χ4n) is 6.24. The first-order valence-corrected chi connectivity index (χ1v) is 14.3. The van der Waals surface area contributed by atoms with Gasteiger partial charge in [0.15, 0.2) is 0 Å². The molecule has 0 saturated carbocycles. The van der Waals surface area contributed by atoms with Crippen LogP contribution in [0.25, 0.3) is 16.8 Å². The van der Waals surface area contributed by atoms with E-state index in [1.807, 2.05) is 42.6 Å². The predicted octanol–water partition coefficient (Wildman–Crippen LogP) is 6.44. The van der Waals surface area contributed by atoms with Gasteiger partial charge in [-0.3, -0.25) is 14.7 Å². The van der Waals surface area contributed by atoms with Crippen LogP contribution in [0.15, 0.2) is 78.3 Å². The number of benzene rings is 1. The molecule has 3 aliphatic heterocycles. The van der Waals surface area contributed by atoms with Gasteiger partial charge in [0.05, 0.1) is 17.0 Å². The van der Waals surface area contributed by atoms with Crippen molar-refractivity contribution in [3.8, 4) is 11.3 Å². The molecule has 5 nitrogen and oxygen atoms in total. The number of aryl methyl sites for hydroxylation is 1. The highest BCUT2D eigenvalue weighted by Gasteiger charge is 2.43. The number of halogens is 1. The Balaban J connectivity index is 1.42. The number of rotatable bonds is 9. The minimum absolute atomic E-state index is 0.0599. The van der Waals surface area contributed by atoms with Crippen molar-refractivity contribution >= 4 is 11.5 Å². The highest BCUT2D eigenvalue weighted by molar-refractivity contribution is 5.98. The van der Waals surface area contributed by atoms with Gasteiger partial charge in [0.25, 0.3) is 5.91 Å². The van der Waals surface area contributed by atoms with Crippen LogP contribution in [0.3, 0.4) is 0 Å². The Bertz CT molecular complexity index is 1330. The molecule has 39 heavy (non-hydrogen) atoms. The van der Waals surface area contributed by atoms with Gasteiger partial charge in [-0.15, -0.1) is 0 Å². The highest BCUT2D eigenvalue weighted by Crippen LogP contribution is 2.41. The summed E-state index contributed by atoms with van der Waals surface area (Å²) in [7, 11) is 0. The number of nitrogens with zero attached hydrogens (tertiary/aromatic N) is 2. The van der Waals surface area contributed by atoms with Gasteiger partial charge in [-0.25, -0.2) is 4.39 Å². The van der Waals surface area contributed by atoms with E-state index in [1.54, 1.807) is 19.2 Å². The largest absolute Gasteiger partial charge is 0.361 e. The Morgan fingerprint density at radius 3 is 2.82 bits per heavy atom. The third kappa shape index (κ3) is 5.91. The fourth-order valence-corrected chi connectivity index (χ4v) is 6.24. The van der Waals surface area contributed by atoms with Gasteiger partial charge in [0, 0.05) is 35.6 Å². The van der Waals surface area contributed by atoms with Crippen molar-refractivity contribution in [1.82, 2.24) is 20.5 Å². The third-order valence-electron chi connectivity index (χ3n) is 8.31. The van der Waals surface area contributed by atoms with E-state index in [2.05, 4.69) is 33.5 Å². The first kappa shape index (κ1) is 27.1.